The molecule has 1 unspecified atom stereocenters. The number of aliphatic hydroxyl groups excluding tert-OH is 1. The highest BCUT2D eigenvalue weighted by Crippen LogP contribution is 2.24. The van der Waals surface area contributed by atoms with Gasteiger partial charge in [0.2, 0.25) is 10.0 Å². The summed E-state index contributed by atoms with van der Waals surface area (Å²) in [5, 5.41) is 9.79. The third-order valence-electron chi connectivity index (χ3n) is 4.73. The van der Waals surface area contributed by atoms with E-state index >= 15 is 0 Å². The molecule has 0 aliphatic carbocycles. The predicted molar refractivity (Wildman–Crippen MR) is 97.8 cm³/mol. The molecule has 2 aromatic rings. The van der Waals surface area contributed by atoms with Gasteiger partial charge in [-0.15, -0.1) is 0 Å². The van der Waals surface area contributed by atoms with E-state index in [9.17, 15) is 13.5 Å². The van der Waals surface area contributed by atoms with Crippen LogP contribution in [0.2, 0.25) is 0 Å². The fourth-order valence-electron chi connectivity index (χ4n) is 3.22. The summed E-state index contributed by atoms with van der Waals surface area (Å²) < 4.78 is 27.1. The van der Waals surface area contributed by atoms with Crippen LogP contribution in [0.3, 0.4) is 0 Å². The van der Waals surface area contributed by atoms with E-state index in [2.05, 4.69) is 4.90 Å². The Balaban J connectivity index is 1.70. The monoisotopic (exact) mass is 360 g/mol. The van der Waals surface area contributed by atoms with Gasteiger partial charge in [0.25, 0.3) is 0 Å². The van der Waals surface area contributed by atoms with Gasteiger partial charge < -0.3 is 5.11 Å². The largest absolute Gasteiger partial charge is 0.394 e. The van der Waals surface area contributed by atoms with Crippen molar-refractivity contribution in [1.82, 2.24) is 9.21 Å². The van der Waals surface area contributed by atoms with Crippen molar-refractivity contribution in [3.8, 4) is 0 Å². The maximum absolute atomic E-state index is 12.8. The molecular weight excluding hydrogens is 336 g/mol. The SMILES string of the molecule is Cc1ccc(S(=O)(=O)N2CCN(C(CO)c3ccccc3)CC2)cc1. The van der Waals surface area contributed by atoms with Gasteiger partial charge in [-0.1, -0.05) is 48.0 Å². The number of nitrogens with zero attached hydrogens (tertiary/aromatic N) is 2. The molecule has 1 atom stereocenters. The standard InChI is InChI=1S/C19H24N2O3S/c1-16-7-9-18(10-8-16)25(23,24)21-13-11-20(12-14-21)19(15-22)17-5-3-2-4-6-17/h2-10,19,22H,11-15H2,1H3. The molecule has 1 N–H and O–H groups in total. The molecule has 2 aromatic carbocycles. The Hall–Kier alpha value is -1.73. The van der Waals surface area contributed by atoms with E-state index in [4.69, 9.17) is 0 Å². The van der Waals surface area contributed by atoms with Gasteiger partial charge in [0, 0.05) is 26.2 Å². The summed E-state index contributed by atoms with van der Waals surface area (Å²) >= 11 is 0. The Bertz CT molecular complexity index is 783. The van der Waals surface area contributed by atoms with Crippen LogP contribution < -0.4 is 0 Å². The summed E-state index contributed by atoms with van der Waals surface area (Å²) in [4.78, 5) is 2.49. The molecule has 0 spiro atoms. The van der Waals surface area contributed by atoms with Crippen LogP contribution in [0.5, 0.6) is 0 Å². The van der Waals surface area contributed by atoms with E-state index in [1.165, 1.54) is 4.31 Å². The molecule has 1 saturated heterocycles. The van der Waals surface area contributed by atoms with Crippen molar-refractivity contribution < 1.29 is 13.5 Å². The number of piperazine rings is 1. The second-order valence-corrected chi connectivity index (χ2v) is 8.30. The van der Waals surface area contributed by atoms with E-state index in [1.807, 2.05) is 49.4 Å². The summed E-state index contributed by atoms with van der Waals surface area (Å²) in [5.41, 5.74) is 2.09. The lowest BCUT2D eigenvalue weighted by Gasteiger charge is -2.38. The Morgan fingerprint density at radius 2 is 1.56 bits per heavy atom. The van der Waals surface area contributed by atoms with Gasteiger partial charge in [-0.3, -0.25) is 4.90 Å². The molecule has 1 heterocycles. The molecule has 6 heteroatoms. The Kier molecular flexibility index (Phi) is 5.54. The van der Waals surface area contributed by atoms with E-state index in [-0.39, 0.29) is 12.6 Å². The summed E-state index contributed by atoms with van der Waals surface area (Å²) in [6.07, 6.45) is 0. The van der Waals surface area contributed by atoms with Gasteiger partial charge in [0.05, 0.1) is 17.5 Å². The number of hydrogen-bond donors (Lipinski definition) is 1. The first-order valence-corrected chi connectivity index (χ1v) is 9.93. The van der Waals surface area contributed by atoms with E-state index in [1.54, 1.807) is 12.1 Å². The first-order valence-electron chi connectivity index (χ1n) is 8.49. The lowest BCUT2D eigenvalue weighted by Crippen LogP contribution is -2.50. The van der Waals surface area contributed by atoms with Crippen LogP contribution in [0, 0.1) is 6.92 Å². The van der Waals surface area contributed by atoms with Gasteiger partial charge in [-0.2, -0.15) is 4.31 Å². The van der Waals surface area contributed by atoms with Gasteiger partial charge in [0.15, 0.2) is 0 Å². The summed E-state index contributed by atoms with van der Waals surface area (Å²) in [6.45, 7) is 4.03. The van der Waals surface area contributed by atoms with Crippen LogP contribution in [0.4, 0.5) is 0 Å². The first kappa shape index (κ1) is 18.1. The average Bonchev–Trinajstić information content (AvgIpc) is 2.64. The smallest absolute Gasteiger partial charge is 0.243 e. The third-order valence-corrected chi connectivity index (χ3v) is 6.64. The second kappa shape index (κ2) is 7.66. The fourth-order valence-corrected chi connectivity index (χ4v) is 4.64. The highest BCUT2D eigenvalue weighted by molar-refractivity contribution is 7.89. The van der Waals surface area contributed by atoms with Crippen LogP contribution in [-0.2, 0) is 10.0 Å². The molecule has 0 aromatic heterocycles. The quantitative estimate of drug-likeness (QED) is 0.886. The minimum atomic E-state index is -3.46. The molecule has 3 rings (SSSR count). The van der Waals surface area contributed by atoms with Crippen molar-refractivity contribution >= 4 is 10.0 Å². The van der Waals surface area contributed by atoms with Crippen LogP contribution in [0.15, 0.2) is 59.5 Å². The number of rotatable bonds is 5. The third kappa shape index (κ3) is 3.93. The maximum Gasteiger partial charge on any atom is 0.243 e. The van der Waals surface area contributed by atoms with Crippen molar-refractivity contribution in [2.24, 2.45) is 0 Å². The Labute approximate surface area is 149 Å². The average molecular weight is 360 g/mol. The van der Waals surface area contributed by atoms with Crippen molar-refractivity contribution in [2.45, 2.75) is 17.9 Å². The minimum absolute atomic E-state index is 0.0225. The van der Waals surface area contributed by atoms with Gasteiger partial charge >= 0.3 is 0 Å². The van der Waals surface area contributed by atoms with Gasteiger partial charge in [-0.05, 0) is 24.6 Å². The number of hydrogen-bond acceptors (Lipinski definition) is 4. The van der Waals surface area contributed by atoms with Crippen molar-refractivity contribution in [3.63, 3.8) is 0 Å². The Morgan fingerprint density at radius 3 is 2.12 bits per heavy atom. The van der Waals surface area contributed by atoms with Crippen molar-refractivity contribution in [2.75, 3.05) is 32.8 Å². The maximum atomic E-state index is 12.8. The molecule has 1 aliphatic rings. The number of sulfonamides is 1. The fraction of sp³-hybridized carbons (Fsp3) is 0.368. The second-order valence-electron chi connectivity index (χ2n) is 6.36. The number of aliphatic hydroxyl groups is 1. The van der Waals surface area contributed by atoms with E-state index < -0.39 is 10.0 Å². The Morgan fingerprint density at radius 1 is 0.960 bits per heavy atom. The van der Waals surface area contributed by atoms with Crippen molar-refractivity contribution in [1.29, 1.82) is 0 Å². The zero-order valence-corrected chi connectivity index (χ0v) is 15.2. The van der Waals surface area contributed by atoms with Crippen LogP contribution in [0.1, 0.15) is 17.2 Å². The highest BCUT2D eigenvalue weighted by Gasteiger charge is 2.31. The summed E-state index contributed by atoms with van der Waals surface area (Å²) in [5.74, 6) is 0. The molecule has 1 fully saturated rings. The van der Waals surface area contributed by atoms with Gasteiger partial charge in [-0.25, -0.2) is 8.42 Å². The topological polar surface area (TPSA) is 60.9 Å². The molecule has 0 radical (unpaired) electrons. The molecular formula is C19H24N2O3S. The lowest BCUT2D eigenvalue weighted by atomic mass is 10.1. The minimum Gasteiger partial charge on any atom is -0.394 e. The van der Waals surface area contributed by atoms with Crippen LogP contribution in [0.25, 0.3) is 0 Å². The van der Waals surface area contributed by atoms with E-state index in [0.29, 0.717) is 31.1 Å². The molecule has 0 saturated carbocycles. The molecule has 134 valence electrons. The van der Waals surface area contributed by atoms with Crippen molar-refractivity contribution in [3.05, 3.63) is 65.7 Å². The normalized spacial score (nSPS) is 18.2. The summed E-state index contributed by atoms with van der Waals surface area (Å²) in [6, 6.07) is 16.7. The highest BCUT2D eigenvalue weighted by atomic mass is 32.2. The first-order chi connectivity index (χ1) is 12.0. The molecule has 5 nitrogen and oxygen atoms in total. The molecule has 0 bridgehead atoms. The number of aryl methyl sites for hydroxylation is 1. The molecule has 1 aliphatic heterocycles. The molecule has 25 heavy (non-hydrogen) atoms. The van der Waals surface area contributed by atoms with Gasteiger partial charge in [0.1, 0.15) is 0 Å². The van der Waals surface area contributed by atoms with Crippen LogP contribution in [-0.4, -0.2) is 55.5 Å². The zero-order chi connectivity index (χ0) is 17.9. The lowest BCUT2D eigenvalue weighted by molar-refractivity contribution is 0.0903. The summed E-state index contributed by atoms with van der Waals surface area (Å²) in [7, 11) is -3.46. The molecule has 0 amide bonds. The van der Waals surface area contributed by atoms with E-state index in [0.717, 1.165) is 11.1 Å². The zero-order valence-electron chi connectivity index (χ0n) is 14.4. The van der Waals surface area contributed by atoms with Crippen LogP contribution >= 0.6 is 0 Å². The number of benzene rings is 2. The predicted octanol–water partition coefficient (Wildman–Crippen LogP) is 2.03.